The third-order valence-electron chi connectivity index (χ3n) is 6.14. The van der Waals surface area contributed by atoms with Gasteiger partial charge in [0, 0.05) is 42.0 Å². The number of hydrogen-bond donors (Lipinski definition) is 2. The second-order valence-corrected chi connectivity index (χ2v) is 8.82. The Morgan fingerprint density at radius 3 is 2.42 bits per heavy atom. The Bertz CT molecular complexity index is 1270. The van der Waals surface area contributed by atoms with Gasteiger partial charge in [0.2, 0.25) is 5.91 Å². The number of benzene rings is 2. The molecule has 0 spiro atoms. The molecule has 5 rings (SSSR count). The molecular formula is C26H26ClN5O. The molecule has 0 aliphatic carbocycles. The number of carbonyl (C=O) groups is 1. The fourth-order valence-electron chi connectivity index (χ4n) is 4.35. The molecule has 2 aromatic heterocycles. The first kappa shape index (κ1) is 21.6. The molecule has 3 N–H and O–H groups in total. The van der Waals surface area contributed by atoms with Crippen molar-refractivity contribution in [1.29, 1.82) is 0 Å². The molecule has 4 aromatic rings. The molecule has 3 heterocycles. The van der Waals surface area contributed by atoms with Crippen molar-refractivity contribution >= 4 is 23.2 Å². The van der Waals surface area contributed by atoms with Crippen LogP contribution in [0.15, 0.2) is 66.9 Å². The van der Waals surface area contributed by atoms with E-state index in [-0.39, 0.29) is 0 Å². The van der Waals surface area contributed by atoms with E-state index in [1.807, 2.05) is 42.5 Å². The van der Waals surface area contributed by atoms with E-state index >= 15 is 0 Å². The van der Waals surface area contributed by atoms with E-state index in [1.54, 1.807) is 12.1 Å². The summed E-state index contributed by atoms with van der Waals surface area (Å²) in [7, 11) is 0. The number of imidazole rings is 1. The number of nitrogens with one attached hydrogen (secondary N) is 1. The Hall–Kier alpha value is -3.19. The number of hydrogen-bond acceptors (Lipinski definition) is 4. The maximum absolute atomic E-state index is 11.4. The molecule has 6 nitrogen and oxygen atoms in total. The van der Waals surface area contributed by atoms with E-state index < -0.39 is 5.91 Å². The van der Waals surface area contributed by atoms with E-state index in [0.717, 1.165) is 72.9 Å². The zero-order chi connectivity index (χ0) is 22.8. The zero-order valence-electron chi connectivity index (χ0n) is 18.3. The normalized spacial score (nSPS) is 14.9. The highest BCUT2D eigenvalue weighted by Gasteiger charge is 2.19. The third kappa shape index (κ3) is 4.64. The lowest BCUT2D eigenvalue weighted by molar-refractivity contribution is 0.100. The van der Waals surface area contributed by atoms with Crippen LogP contribution in [0.2, 0.25) is 5.02 Å². The van der Waals surface area contributed by atoms with Crippen molar-refractivity contribution in [2.75, 3.05) is 26.2 Å². The van der Waals surface area contributed by atoms with Gasteiger partial charge < -0.3 is 15.5 Å². The molecule has 1 amide bonds. The van der Waals surface area contributed by atoms with Crippen molar-refractivity contribution in [1.82, 2.24) is 19.6 Å². The average molecular weight is 460 g/mol. The molecule has 0 saturated carbocycles. The minimum atomic E-state index is -0.423. The number of nitrogens with zero attached hydrogens (tertiary/aromatic N) is 3. The summed E-state index contributed by atoms with van der Waals surface area (Å²) >= 11 is 6.14. The second kappa shape index (κ2) is 9.35. The van der Waals surface area contributed by atoms with Crippen molar-refractivity contribution in [3.63, 3.8) is 0 Å². The van der Waals surface area contributed by atoms with Gasteiger partial charge in [-0.1, -0.05) is 35.9 Å². The van der Waals surface area contributed by atoms with Gasteiger partial charge in [-0.2, -0.15) is 0 Å². The van der Waals surface area contributed by atoms with Crippen molar-refractivity contribution in [3.8, 4) is 22.4 Å². The number of halogens is 1. The Morgan fingerprint density at radius 2 is 1.67 bits per heavy atom. The molecule has 33 heavy (non-hydrogen) atoms. The first-order chi connectivity index (χ1) is 16.1. The van der Waals surface area contributed by atoms with Crippen molar-refractivity contribution < 1.29 is 4.79 Å². The number of rotatable bonds is 5. The predicted molar refractivity (Wildman–Crippen MR) is 132 cm³/mol. The molecule has 0 bridgehead atoms. The lowest BCUT2D eigenvalue weighted by Crippen LogP contribution is -2.28. The molecule has 168 valence electrons. The lowest BCUT2D eigenvalue weighted by Gasteiger charge is -2.20. The predicted octanol–water partition coefficient (Wildman–Crippen LogP) is 4.22. The highest BCUT2D eigenvalue weighted by atomic mass is 35.5. The maximum atomic E-state index is 11.4. The number of nitrogens with two attached hydrogens (primary N) is 1. The summed E-state index contributed by atoms with van der Waals surface area (Å²) in [4.78, 5) is 18.9. The molecule has 0 radical (unpaired) electrons. The SMILES string of the molecule is NC(=O)c1ccc(-c2ccc3nc(-c4ccc(Cl)cc4)c(CN4CCCNCC4)n3c2)cc1. The zero-order valence-corrected chi connectivity index (χ0v) is 19.1. The minimum Gasteiger partial charge on any atom is -0.366 e. The van der Waals surface area contributed by atoms with Crippen LogP contribution in [0.1, 0.15) is 22.5 Å². The van der Waals surface area contributed by atoms with Crippen LogP contribution in [0.4, 0.5) is 0 Å². The first-order valence-corrected chi connectivity index (χ1v) is 11.6. The van der Waals surface area contributed by atoms with Gasteiger partial charge in [0.05, 0.1) is 11.4 Å². The van der Waals surface area contributed by atoms with Crippen molar-refractivity contribution in [3.05, 3.63) is 83.1 Å². The Kier molecular flexibility index (Phi) is 6.13. The number of pyridine rings is 1. The summed E-state index contributed by atoms with van der Waals surface area (Å²) in [5.41, 5.74) is 12.1. The van der Waals surface area contributed by atoms with Crippen molar-refractivity contribution in [2.24, 2.45) is 5.73 Å². The second-order valence-electron chi connectivity index (χ2n) is 8.38. The summed E-state index contributed by atoms with van der Waals surface area (Å²) in [6.07, 6.45) is 3.26. The lowest BCUT2D eigenvalue weighted by atomic mass is 10.1. The number of primary amides is 1. The maximum Gasteiger partial charge on any atom is 0.248 e. The summed E-state index contributed by atoms with van der Waals surface area (Å²) in [6, 6.07) is 19.4. The monoisotopic (exact) mass is 459 g/mol. The van der Waals surface area contributed by atoms with E-state index in [2.05, 4.69) is 26.9 Å². The number of carbonyl (C=O) groups excluding carboxylic acids is 1. The largest absolute Gasteiger partial charge is 0.366 e. The fourth-order valence-corrected chi connectivity index (χ4v) is 4.48. The average Bonchev–Trinajstić information content (AvgIpc) is 2.99. The topological polar surface area (TPSA) is 75.7 Å². The smallest absolute Gasteiger partial charge is 0.248 e. The summed E-state index contributed by atoms with van der Waals surface area (Å²) in [5.74, 6) is -0.423. The van der Waals surface area contributed by atoms with Gasteiger partial charge in [0.25, 0.3) is 0 Å². The van der Waals surface area contributed by atoms with Crippen LogP contribution in [-0.2, 0) is 6.54 Å². The van der Waals surface area contributed by atoms with Gasteiger partial charge in [-0.15, -0.1) is 0 Å². The first-order valence-electron chi connectivity index (χ1n) is 11.2. The molecule has 0 unspecified atom stereocenters. The fraction of sp³-hybridized carbons (Fsp3) is 0.231. The third-order valence-corrected chi connectivity index (χ3v) is 6.40. The molecule has 1 fully saturated rings. The van der Waals surface area contributed by atoms with Crippen LogP contribution >= 0.6 is 11.6 Å². The van der Waals surface area contributed by atoms with Crippen LogP contribution in [0.5, 0.6) is 0 Å². The molecule has 2 aromatic carbocycles. The number of aromatic nitrogens is 2. The Labute approximate surface area is 198 Å². The summed E-state index contributed by atoms with van der Waals surface area (Å²) < 4.78 is 2.19. The van der Waals surface area contributed by atoms with E-state index in [4.69, 9.17) is 22.3 Å². The standard InChI is InChI=1S/C26H26ClN5O/c27-22-9-6-19(7-10-22)25-23(17-31-14-1-12-29-13-15-31)32-16-21(8-11-24(32)30-25)18-2-4-20(5-3-18)26(28)33/h2-11,16,29H,1,12-15,17H2,(H2,28,33). The van der Waals surface area contributed by atoms with Gasteiger partial charge in [0.1, 0.15) is 5.65 Å². The summed E-state index contributed by atoms with van der Waals surface area (Å²) in [5, 5.41) is 4.19. The Balaban J connectivity index is 1.59. The van der Waals surface area contributed by atoms with Gasteiger partial charge in [-0.3, -0.25) is 9.69 Å². The highest BCUT2D eigenvalue weighted by molar-refractivity contribution is 6.30. The van der Waals surface area contributed by atoms with Gasteiger partial charge in [0.15, 0.2) is 0 Å². The van der Waals surface area contributed by atoms with Crippen LogP contribution in [-0.4, -0.2) is 46.4 Å². The van der Waals surface area contributed by atoms with Crippen LogP contribution in [0.3, 0.4) is 0 Å². The summed E-state index contributed by atoms with van der Waals surface area (Å²) in [6.45, 7) is 4.91. The van der Waals surface area contributed by atoms with E-state index in [1.165, 1.54) is 0 Å². The molecule has 0 atom stereocenters. The van der Waals surface area contributed by atoms with Crippen molar-refractivity contribution in [2.45, 2.75) is 13.0 Å². The minimum absolute atomic E-state index is 0.423. The van der Waals surface area contributed by atoms with Crippen LogP contribution in [0, 0.1) is 0 Å². The van der Waals surface area contributed by atoms with Gasteiger partial charge in [-0.05, 0) is 67.0 Å². The number of amides is 1. The molecule has 7 heteroatoms. The van der Waals surface area contributed by atoms with Crippen LogP contribution < -0.4 is 11.1 Å². The van der Waals surface area contributed by atoms with Crippen LogP contribution in [0.25, 0.3) is 28.0 Å². The molecular weight excluding hydrogens is 434 g/mol. The number of fused-ring (bicyclic) bond motifs is 1. The van der Waals surface area contributed by atoms with Gasteiger partial charge >= 0.3 is 0 Å². The molecule has 1 saturated heterocycles. The van der Waals surface area contributed by atoms with E-state index in [9.17, 15) is 4.79 Å². The van der Waals surface area contributed by atoms with E-state index in [0.29, 0.717) is 10.6 Å². The quantitative estimate of drug-likeness (QED) is 0.468. The van der Waals surface area contributed by atoms with Gasteiger partial charge in [-0.25, -0.2) is 4.98 Å². The highest BCUT2D eigenvalue weighted by Crippen LogP contribution is 2.29. The molecule has 1 aliphatic heterocycles. The molecule has 1 aliphatic rings. The Morgan fingerprint density at radius 1 is 0.939 bits per heavy atom.